The second-order valence-corrected chi connectivity index (χ2v) is 5.17. The molecule has 0 aromatic heterocycles. The number of halogens is 1. The number of allylic oxidation sites excluding steroid dienone is 1. The molecule has 0 saturated heterocycles. The molecule has 2 aromatic carbocycles. The molecule has 0 fully saturated rings. The average molecular weight is 360 g/mol. The third kappa shape index (κ3) is 4.18. The Morgan fingerprint density at radius 1 is 1.08 bits per heavy atom. The Bertz CT molecular complexity index is 855. The second-order valence-electron chi connectivity index (χ2n) is 5.17. The molecule has 0 aliphatic heterocycles. The van der Waals surface area contributed by atoms with Gasteiger partial charge in [-0.1, -0.05) is 0 Å². The maximum atomic E-state index is 12.9. The highest BCUT2D eigenvalue weighted by atomic mass is 19.1. The molecular formula is C19H17FO6. The van der Waals surface area contributed by atoms with Gasteiger partial charge in [0.15, 0.2) is 17.3 Å². The van der Waals surface area contributed by atoms with Gasteiger partial charge >= 0.3 is 5.97 Å². The lowest BCUT2D eigenvalue weighted by atomic mass is 10.1. The summed E-state index contributed by atoms with van der Waals surface area (Å²) in [6, 6.07) is 6.27. The standard InChI is InChI=1S/C19H17FO6/c1-11(21)26-19-17(24-2)10-16(23)14(18(19)25-3)8-9-15(22)12-4-6-13(20)7-5-12/h4-10,23H,1-3H3/b9-8+. The minimum Gasteiger partial charge on any atom is -0.507 e. The van der Waals surface area contributed by atoms with Crippen LogP contribution >= 0.6 is 0 Å². The van der Waals surface area contributed by atoms with Crippen LogP contribution < -0.4 is 14.2 Å². The number of ketones is 1. The van der Waals surface area contributed by atoms with E-state index in [0.717, 1.165) is 0 Å². The zero-order chi connectivity index (χ0) is 19.3. The Balaban J connectivity index is 2.46. The van der Waals surface area contributed by atoms with Crippen molar-refractivity contribution in [2.45, 2.75) is 6.92 Å². The van der Waals surface area contributed by atoms with Crippen molar-refractivity contribution in [2.24, 2.45) is 0 Å². The number of ether oxygens (including phenoxy) is 3. The van der Waals surface area contributed by atoms with Gasteiger partial charge in [-0.05, 0) is 36.4 Å². The predicted octanol–water partition coefficient (Wildman–Crippen LogP) is 3.37. The summed E-state index contributed by atoms with van der Waals surface area (Å²) in [5.41, 5.74) is 0.398. The summed E-state index contributed by atoms with van der Waals surface area (Å²) >= 11 is 0. The molecule has 0 saturated carbocycles. The number of esters is 1. The Kier molecular flexibility index (Phi) is 5.95. The van der Waals surface area contributed by atoms with Crippen molar-refractivity contribution in [3.05, 3.63) is 53.4 Å². The lowest BCUT2D eigenvalue weighted by Gasteiger charge is -2.15. The van der Waals surface area contributed by atoms with Gasteiger partial charge in [0.05, 0.1) is 19.8 Å². The molecule has 2 aromatic rings. The Morgan fingerprint density at radius 2 is 1.73 bits per heavy atom. The number of aromatic hydroxyl groups is 1. The Hall–Kier alpha value is -3.35. The number of phenolic OH excluding ortho intramolecular Hbond substituents is 1. The van der Waals surface area contributed by atoms with Crippen LogP contribution in [0.5, 0.6) is 23.0 Å². The fourth-order valence-corrected chi connectivity index (χ4v) is 2.24. The summed E-state index contributed by atoms with van der Waals surface area (Å²) in [5.74, 6) is -1.60. The van der Waals surface area contributed by atoms with E-state index in [4.69, 9.17) is 14.2 Å². The topological polar surface area (TPSA) is 82.1 Å². The SMILES string of the molecule is COc1cc(O)c(/C=C/C(=O)c2ccc(F)cc2)c(OC)c1OC(C)=O. The number of phenols is 1. The molecule has 26 heavy (non-hydrogen) atoms. The van der Waals surface area contributed by atoms with Crippen LogP contribution in [-0.2, 0) is 4.79 Å². The number of carbonyl (C=O) groups is 2. The molecule has 7 heteroatoms. The van der Waals surface area contributed by atoms with Gasteiger partial charge in [0.25, 0.3) is 0 Å². The van der Waals surface area contributed by atoms with Crippen molar-refractivity contribution in [1.29, 1.82) is 0 Å². The number of hydrogen-bond donors (Lipinski definition) is 1. The molecule has 6 nitrogen and oxygen atoms in total. The number of carbonyl (C=O) groups excluding carboxylic acids is 2. The summed E-state index contributed by atoms with van der Waals surface area (Å²) < 4.78 is 28.4. The maximum absolute atomic E-state index is 12.9. The van der Waals surface area contributed by atoms with E-state index >= 15 is 0 Å². The van der Waals surface area contributed by atoms with Crippen molar-refractivity contribution >= 4 is 17.8 Å². The summed E-state index contributed by atoms with van der Waals surface area (Å²) in [7, 11) is 2.66. The first-order valence-electron chi connectivity index (χ1n) is 7.51. The lowest BCUT2D eigenvalue weighted by Crippen LogP contribution is -2.06. The zero-order valence-electron chi connectivity index (χ0n) is 14.4. The van der Waals surface area contributed by atoms with Gasteiger partial charge < -0.3 is 19.3 Å². The molecule has 0 bridgehead atoms. The van der Waals surface area contributed by atoms with Crippen LogP contribution in [0.3, 0.4) is 0 Å². The number of hydrogen-bond acceptors (Lipinski definition) is 6. The van der Waals surface area contributed by atoms with Crippen LogP contribution in [0.2, 0.25) is 0 Å². The number of benzene rings is 2. The van der Waals surface area contributed by atoms with Crippen LogP contribution in [0.1, 0.15) is 22.8 Å². The molecular weight excluding hydrogens is 343 g/mol. The summed E-state index contributed by atoms with van der Waals surface area (Å²) in [4.78, 5) is 23.5. The molecule has 0 atom stereocenters. The smallest absolute Gasteiger partial charge is 0.308 e. The normalized spacial score (nSPS) is 10.6. The van der Waals surface area contributed by atoms with Crippen molar-refractivity contribution in [3.63, 3.8) is 0 Å². The van der Waals surface area contributed by atoms with E-state index in [1.54, 1.807) is 0 Å². The summed E-state index contributed by atoms with van der Waals surface area (Å²) in [5, 5.41) is 10.2. The second kappa shape index (κ2) is 8.15. The highest BCUT2D eigenvalue weighted by Crippen LogP contribution is 2.45. The summed E-state index contributed by atoms with van der Waals surface area (Å²) in [6.07, 6.45) is 2.50. The van der Waals surface area contributed by atoms with E-state index in [2.05, 4.69) is 0 Å². The first-order valence-corrected chi connectivity index (χ1v) is 7.51. The Labute approximate surface area is 149 Å². The van der Waals surface area contributed by atoms with E-state index in [-0.39, 0.29) is 34.1 Å². The zero-order valence-corrected chi connectivity index (χ0v) is 14.4. The van der Waals surface area contributed by atoms with E-state index < -0.39 is 17.6 Å². The van der Waals surface area contributed by atoms with Gasteiger partial charge in [0.1, 0.15) is 11.6 Å². The van der Waals surface area contributed by atoms with E-state index in [1.807, 2.05) is 0 Å². The fraction of sp³-hybridized carbons (Fsp3) is 0.158. The maximum Gasteiger partial charge on any atom is 0.308 e. The molecule has 0 unspecified atom stereocenters. The Morgan fingerprint density at radius 3 is 2.27 bits per heavy atom. The lowest BCUT2D eigenvalue weighted by molar-refractivity contribution is -0.132. The minimum atomic E-state index is -0.607. The van der Waals surface area contributed by atoms with Crippen molar-refractivity contribution in [2.75, 3.05) is 14.2 Å². The van der Waals surface area contributed by atoms with Gasteiger partial charge in [0.2, 0.25) is 5.75 Å². The van der Waals surface area contributed by atoms with Crippen LogP contribution in [-0.4, -0.2) is 31.1 Å². The third-order valence-corrected chi connectivity index (χ3v) is 3.42. The monoisotopic (exact) mass is 360 g/mol. The van der Waals surface area contributed by atoms with Crippen LogP contribution in [0.15, 0.2) is 36.4 Å². The number of methoxy groups -OCH3 is 2. The van der Waals surface area contributed by atoms with Gasteiger partial charge in [-0.15, -0.1) is 0 Å². The quantitative estimate of drug-likeness (QED) is 0.368. The predicted molar refractivity (Wildman–Crippen MR) is 92.3 cm³/mol. The minimum absolute atomic E-state index is 0.0193. The first-order chi connectivity index (χ1) is 12.4. The molecule has 0 amide bonds. The van der Waals surface area contributed by atoms with Gasteiger partial charge in [-0.3, -0.25) is 9.59 Å². The van der Waals surface area contributed by atoms with E-state index in [0.29, 0.717) is 0 Å². The largest absolute Gasteiger partial charge is 0.507 e. The van der Waals surface area contributed by atoms with E-state index in [1.165, 1.54) is 63.6 Å². The first kappa shape index (κ1) is 19.0. The highest BCUT2D eigenvalue weighted by molar-refractivity contribution is 6.07. The molecule has 2 rings (SSSR count). The van der Waals surface area contributed by atoms with Gasteiger partial charge in [0, 0.05) is 18.6 Å². The fourth-order valence-electron chi connectivity index (χ4n) is 2.24. The van der Waals surface area contributed by atoms with Crippen LogP contribution in [0.4, 0.5) is 4.39 Å². The number of rotatable bonds is 6. The summed E-state index contributed by atoms with van der Waals surface area (Å²) in [6.45, 7) is 1.21. The van der Waals surface area contributed by atoms with Gasteiger partial charge in [-0.25, -0.2) is 4.39 Å². The molecule has 0 aliphatic carbocycles. The highest BCUT2D eigenvalue weighted by Gasteiger charge is 2.21. The van der Waals surface area contributed by atoms with Crippen molar-refractivity contribution in [3.8, 4) is 23.0 Å². The van der Waals surface area contributed by atoms with E-state index in [9.17, 15) is 19.1 Å². The molecule has 136 valence electrons. The molecule has 0 radical (unpaired) electrons. The molecule has 1 N–H and O–H groups in total. The van der Waals surface area contributed by atoms with Crippen LogP contribution in [0.25, 0.3) is 6.08 Å². The molecule has 0 aliphatic rings. The van der Waals surface area contributed by atoms with Crippen LogP contribution in [0, 0.1) is 5.82 Å². The molecule has 0 spiro atoms. The average Bonchev–Trinajstić information content (AvgIpc) is 2.61. The molecule has 0 heterocycles. The third-order valence-electron chi connectivity index (χ3n) is 3.42. The van der Waals surface area contributed by atoms with Crippen molar-refractivity contribution < 1.29 is 33.3 Å². The van der Waals surface area contributed by atoms with Crippen molar-refractivity contribution in [1.82, 2.24) is 0 Å². The van der Waals surface area contributed by atoms with Gasteiger partial charge in [-0.2, -0.15) is 0 Å².